The molecule has 25 heavy (non-hydrogen) atoms. The molecule has 6 heteroatoms. The van der Waals surface area contributed by atoms with Gasteiger partial charge in [0, 0.05) is 26.2 Å². The number of likely N-dealkylation sites (tertiary alicyclic amines) is 2. The average Bonchev–Trinajstić information content (AvgIpc) is 3.36. The van der Waals surface area contributed by atoms with Crippen LogP contribution in [0.25, 0.3) is 0 Å². The minimum absolute atomic E-state index is 0.00911. The molecule has 4 heterocycles. The van der Waals surface area contributed by atoms with Crippen molar-refractivity contribution in [3.8, 4) is 0 Å². The highest BCUT2D eigenvalue weighted by molar-refractivity contribution is 7.12. The average molecular weight is 358 g/mol. The van der Waals surface area contributed by atoms with Crippen molar-refractivity contribution in [1.29, 1.82) is 0 Å². The largest absolute Gasteiger partial charge is 0.459 e. The van der Waals surface area contributed by atoms with E-state index in [0.717, 1.165) is 56.7 Å². The Bertz CT molecular complexity index is 655. The van der Waals surface area contributed by atoms with E-state index >= 15 is 0 Å². The van der Waals surface area contributed by atoms with Crippen LogP contribution in [-0.2, 0) is 0 Å². The Morgan fingerprint density at radius 1 is 0.920 bits per heavy atom. The van der Waals surface area contributed by atoms with Gasteiger partial charge in [-0.2, -0.15) is 0 Å². The fourth-order valence-electron chi connectivity index (χ4n) is 3.98. The first-order valence-corrected chi connectivity index (χ1v) is 9.70. The van der Waals surface area contributed by atoms with Gasteiger partial charge < -0.3 is 14.2 Å². The van der Waals surface area contributed by atoms with Crippen LogP contribution in [0.2, 0.25) is 0 Å². The monoisotopic (exact) mass is 358 g/mol. The number of nitrogens with zero attached hydrogens (tertiary/aromatic N) is 2. The minimum Gasteiger partial charge on any atom is -0.459 e. The third-order valence-electron chi connectivity index (χ3n) is 5.69. The van der Waals surface area contributed by atoms with Gasteiger partial charge in [0.1, 0.15) is 0 Å². The van der Waals surface area contributed by atoms with Crippen LogP contribution in [0.1, 0.15) is 45.9 Å². The van der Waals surface area contributed by atoms with Crippen molar-refractivity contribution in [2.45, 2.75) is 25.7 Å². The van der Waals surface area contributed by atoms with Crippen LogP contribution in [0, 0.1) is 5.41 Å². The van der Waals surface area contributed by atoms with Crippen LogP contribution in [0.3, 0.4) is 0 Å². The number of carbonyl (C=O) groups excluding carboxylic acids is 2. The third-order valence-corrected chi connectivity index (χ3v) is 6.54. The predicted molar refractivity (Wildman–Crippen MR) is 95.7 cm³/mol. The van der Waals surface area contributed by atoms with E-state index in [9.17, 15) is 9.59 Å². The van der Waals surface area contributed by atoms with Crippen molar-refractivity contribution in [3.05, 3.63) is 46.5 Å². The van der Waals surface area contributed by atoms with Crippen LogP contribution in [0.5, 0.6) is 0 Å². The van der Waals surface area contributed by atoms with E-state index in [0.29, 0.717) is 5.76 Å². The van der Waals surface area contributed by atoms with Crippen molar-refractivity contribution in [2.75, 3.05) is 26.2 Å². The van der Waals surface area contributed by atoms with Gasteiger partial charge in [0.25, 0.3) is 11.8 Å². The van der Waals surface area contributed by atoms with E-state index in [2.05, 4.69) is 0 Å². The van der Waals surface area contributed by atoms with E-state index in [1.54, 1.807) is 18.4 Å². The van der Waals surface area contributed by atoms with E-state index in [4.69, 9.17) is 4.42 Å². The van der Waals surface area contributed by atoms with Crippen molar-refractivity contribution in [3.63, 3.8) is 0 Å². The number of hydrogen-bond acceptors (Lipinski definition) is 4. The van der Waals surface area contributed by atoms with Crippen LogP contribution in [0.4, 0.5) is 0 Å². The lowest BCUT2D eigenvalue weighted by Gasteiger charge is -2.46. The maximum Gasteiger partial charge on any atom is 0.289 e. The van der Waals surface area contributed by atoms with Gasteiger partial charge >= 0.3 is 0 Å². The normalized spacial score (nSPS) is 20.0. The van der Waals surface area contributed by atoms with Crippen molar-refractivity contribution in [1.82, 2.24) is 9.80 Å². The molecule has 0 N–H and O–H groups in total. The van der Waals surface area contributed by atoms with Crippen LogP contribution < -0.4 is 0 Å². The zero-order chi connectivity index (χ0) is 17.3. The molecular formula is C19H22N2O3S. The molecule has 2 aliphatic heterocycles. The Labute approximate surface area is 151 Å². The summed E-state index contributed by atoms with van der Waals surface area (Å²) in [5, 5.41) is 1.95. The second-order valence-corrected chi connectivity index (χ2v) is 7.99. The number of hydrogen-bond donors (Lipinski definition) is 0. The summed E-state index contributed by atoms with van der Waals surface area (Å²) in [7, 11) is 0. The Kier molecular flexibility index (Phi) is 4.37. The van der Waals surface area contributed by atoms with Gasteiger partial charge in [-0.25, -0.2) is 0 Å². The fraction of sp³-hybridized carbons (Fsp3) is 0.474. The topological polar surface area (TPSA) is 53.8 Å². The number of amides is 2. The highest BCUT2D eigenvalue weighted by Gasteiger charge is 2.40. The number of thiophene rings is 1. The fourth-order valence-corrected chi connectivity index (χ4v) is 4.67. The van der Waals surface area contributed by atoms with E-state index in [-0.39, 0.29) is 17.2 Å². The Balaban J connectivity index is 1.32. The zero-order valence-electron chi connectivity index (χ0n) is 14.1. The van der Waals surface area contributed by atoms with Gasteiger partial charge in [-0.05, 0) is 54.7 Å². The van der Waals surface area contributed by atoms with Gasteiger partial charge in [0.2, 0.25) is 0 Å². The lowest BCUT2D eigenvalue weighted by atomic mass is 9.71. The SMILES string of the molecule is O=C(c1ccco1)N1CCC2(CC1)CCN(C(=O)c1cccs1)CC2. The van der Waals surface area contributed by atoms with E-state index < -0.39 is 0 Å². The number of furan rings is 1. The molecule has 0 aliphatic carbocycles. The van der Waals surface area contributed by atoms with Gasteiger partial charge in [-0.1, -0.05) is 6.07 Å². The highest BCUT2D eigenvalue weighted by atomic mass is 32.1. The van der Waals surface area contributed by atoms with Crippen molar-refractivity contribution < 1.29 is 14.0 Å². The first-order valence-electron chi connectivity index (χ1n) is 8.82. The van der Waals surface area contributed by atoms with Crippen LogP contribution >= 0.6 is 11.3 Å². The maximum absolute atomic E-state index is 12.5. The molecule has 5 nitrogen and oxygen atoms in total. The smallest absolute Gasteiger partial charge is 0.289 e. The first-order chi connectivity index (χ1) is 12.2. The summed E-state index contributed by atoms with van der Waals surface area (Å²) in [5.74, 6) is 0.577. The lowest BCUT2D eigenvalue weighted by molar-refractivity contribution is 0.0270. The molecule has 2 saturated heterocycles. The number of rotatable bonds is 2. The molecule has 2 fully saturated rings. The van der Waals surface area contributed by atoms with Crippen LogP contribution in [0.15, 0.2) is 40.3 Å². The first kappa shape index (κ1) is 16.4. The van der Waals surface area contributed by atoms with Gasteiger partial charge in [-0.15, -0.1) is 11.3 Å². The third kappa shape index (κ3) is 3.23. The molecule has 2 aliphatic rings. The maximum atomic E-state index is 12.5. The second-order valence-electron chi connectivity index (χ2n) is 7.04. The van der Waals surface area contributed by atoms with Gasteiger partial charge in [0.15, 0.2) is 5.76 Å². The molecule has 4 rings (SSSR count). The van der Waals surface area contributed by atoms with Crippen molar-refractivity contribution >= 4 is 23.2 Å². The second kappa shape index (κ2) is 6.67. The van der Waals surface area contributed by atoms with Crippen molar-refractivity contribution in [2.24, 2.45) is 5.41 Å². The molecule has 2 aromatic heterocycles. The zero-order valence-corrected chi connectivity index (χ0v) is 15.0. The highest BCUT2D eigenvalue weighted by Crippen LogP contribution is 2.41. The van der Waals surface area contributed by atoms with Gasteiger partial charge in [0.05, 0.1) is 11.1 Å². The molecule has 1 spiro atoms. The molecule has 2 amide bonds. The molecule has 0 bridgehead atoms. The summed E-state index contributed by atoms with van der Waals surface area (Å²) in [5.41, 5.74) is 0.284. The van der Waals surface area contributed by atoms with E-state index in [1.807, 2.05) is 27.3 Å². The summed E-state index contributed by atoms with van der Waals surface area (Å²) in [4.78, 5) is 29.6. The molecular weight excluding hydrogens is 336 g/mol. The summed E-state index contributed by atoms with van der Waals surface area (Å²) >= 11 is 1.51. The molecule has 0 atom stereocenters. The molecule has 0 unspecified atom stereocenters. The number of piperidine rings is 2. The minimum atomic E-state index is -0.00911. The molecule has 0 saturated carbocycles. The molecule has 0 radical (unpaired) electrons. The molecule has 2 aromatic rings. The molecule has 0 aromatic carbocycles. The summed E-state index contributed by atoms with van der Waals surface area (Å²) in [6.45, 7) is 3.20. The van der Waals surface area contributed by atoms with Crippen LogP contribution in [-0.4, -0.2) is 47.8 Å². The predicted octanol–water partition coefficient (Wildman–Crippen LogP) is 3.50. The lowest BCUT2D eigenvalue weighted by Crippen LogP contribution is -2.49. The summed E-state index contributed by atoms with van der Waals surface area (Å²) in [6, 6.07) is 7.30. The summed E-state index contributed by atoms with van der Waals surface area (Å²) in [6.07, 6.45) is 5.64. The summed E-state index contributed by atoms with van der Waals surface area (Å²) < 4.78 is 5.23. The van der Waals surface area contributed by atoms with E-state index in [1.165, 1.54) is 11.3 Å². The molecule has 132 valence electrons. The quantitative estimate of drug-likeness (QED) is 0.826. The Morgan fingerprint density at radius 2 is 1.56 bits per heavy atom. The standard InChI is InChI=1S/C19H22N2O3S/c22-17(15-3-1-13-24-15)20-9-5-19(6-10-20)7-11-21(12-8-19)18(23)16-4-2-14-25-16/h1-4,13-14H,5-12H2. The number of carbonyl (C=O) groups is 2. The van der Waals surface area contributed by atoms with Gasteiger partial charge in [-0.3, -0.25) is 9.59 Å². The Morgan fingerprint density at radius 3 is 2.08 bits per heavy atom. The Hall–Kier alpha value is -2.08.